The first-order valence-corrected chi connectivity index (χ1v) is 12.1. The molecule has 166 valence electrons. The molecule has 3 heterocycles. The number of hydrogen-bond acceptors (Lipinski definition) is 5. The van der Waals surface area contributed by atoms with Gasteiger partial charge in [0.25, 0.3) is 0 Å². The molecule has 0 saturated heterocycles. The highest BCUT2D eigenvalue weighted by Gasteiger charge is 2.29. The Morgan fingerprint density at radius 3 is 2.88 bits per heavy atom. The number of aromatic nitrogens is 3. The molecule has 0 radical (unpaired) electrons. The second-order valence-electron chi connectivity index (χ2n) is 8.62. The third-order valence-corrected chi connectivity index (χ3v) is 7.51. The highest BCUT2D eigenvalue weighted by atomic mass is 32.1. The third-order valence-electron chi connectivity index (χ3n) is 6.45. The fraction of sp³-hybridized carbons (Fsp3) is 0.296. The summed E-state index contributed by atoms with van der Waals surface area (Å²) in [5, 5.41) is 9.58. The lowest BCUT2D eigenvalue weighted by Crippen LogP contribution is -2.22. The maximum atomic E-state index is 12.9. The largest absolute Gasteiger partial charge is 0.392 e. The molecule has 1 aliphatic carbocycles. The van der Waals surface area contributed by atoms with Gasteiger partial charge in [-0.15, -0.1) is 17.8 Å². The van der Waals surface area contributed by atoms with E-state index in [1.54, 1.807) is 6.20 Å². The van der Waals surface area contributed by atoms with E-state index in [-0.39, 0.29) is 18.4 Å². The average Bonchev–Trinajstić information content (AvgIpc) is 3.49. The summed E-state index contributed by atoms with van der Waals surface area (Å²) in [4.78, 5) is 23.9. The first-order chi connectivity index (χ1) is 16.2. The zero-order valence-corrected chi connectivity index (χ0v) is 19.1. The Labute approximate surface area is 197 Å². The predicted octanol–water partition coefficient (Wildman–Crippen LogP) is 5.64. The van der Waals surface area contributed by atoms with Crippen molar-refractivity contribution >= 4 is 28.2 Å². The Morgan fingerprint density at radius 1 is 1.21 bits per heavy atom. The number of fused-ring (bicyclic) bond motifs is 1. The minimum absolute atomic E-state index is 0.0144. The molecule has 5 rings (SSSR count). The summed E-state index contributed by atoms with van der Waals surface area (Å²) in [7, 11) is 0. The van der Waals surface area contributed by atoms with Crippen molar-refractivity contribution in [1.29, 1.82) is 0 Å². The van der Waals surface area contributed by atoms with Gasteiger partial charge in [-0.2, -0.15) is 0 Å². The van der Waals surface area contributed by atoms with Gasteiger partial charge in [0, 0.05) is 18.7 Å². The van der Waals surface area contributed by atoms with Crippen LogP contribution in [0, 0.1) is 18.3 Å². The van der Waals surface area contributed by atoms with Crippen molar-refractivity contribution in [2.45, 2.75) is 44.8 Å². The molecule has 4 aromatic rings. The number of thiophene rings is 1. The van der Waals surface area contributed by atoms with Crippen molar-refractivity contribution in [2.24, 2.45) is 5.92 Å². The highest BCUT2D eigenvalue weighted by molar-refractivity contribution is 7.14. The quantitative estimate of drug-likeness (QED) is 0.302. The normalized spacial score (nSPS) is 18.3. The summed E-state index contributed by atoms with van der Waals surface area (Å²) in [6.07, 6.45) is 11.9. The number of ketones is 1. The van der Waals surface area contributed by atoms with Crippen LogP contribution >= 0.6 is 11.3 Å². The molecule has 1 fully saturated rings. The molecule has 33 heavy (non-hydrogen) atoms. The van der Waals surface area contributed by atoms with E-state index in [0.29, 0.717) is 12.3 Å². The van der Waals surface area contributed by atoms with Crippen LogP contribution in [0.4, 0.5) is 0 Å². The Balaban J connectivity index is 1.46. The molecular formula is C27H25N3O2S. The van der Waals surface area contributed by atoms with Crippen LogP contribution in [0.15, 0.2) is 54.7 Å². The first kappa shape index (κ1) is 21.6. The lowest BCUT2D eigenvalue weighted by atomic mass is 9.82. The van der Waals surface area contributed by atoms with E-state index in [1.165, 1.54) is 11.3 Å². The molecule has 1 N–H and O–H groups in total. The van der Waals surface area contributed by atoms with Crippen LogP contribution in [0.1, 0.15) is 58.3 Å². The van der Waals surface area contributed by atoms with E-state index in [4.69, 9.17) is 11.4 Å². The molecular weight excluding hydrogens is 430 g/mol. The summed E-state index contributed by atoms with van der Waals surface area (Å²) in [5.41, 5.74) is 3.58. The zero-order chi connectivity index (χ0) is 22.8. The van der Waals surface area contributed by atoms with Gasteiger partial charge in [-0.3, -0.25) is 9.78 Å². The molecule has 1 saturated carbocycles. The number of pyridine rings is 1. The van der Waals surface area contributed by atoms with Gasteiger partial charge in [0.2, 0.25) is 0 Å². The number of aliphatic hydroxyl groups excluding tert-OH is 1. The summed E-state index contributed by atoms with van der Waals surface area (Å²) < 4.78 is 2.30. The van der Waals surface area contributed by atoms with Crippen LogP contribution in [0.5, 0.6) is 0 Å². The summed E-state index contributed by atoms with van der Waals surface area (Å²) in [5.74, 6) is 3.95. The number of hydrogen-bond donors (Lipinski definition) is 1. The van der Waals surface area contributed by atoms with Crippen molar-refractivity contribution in [3.63, 3.8) is 0 Å². The van der Waals surface area contributed by atoms with Crippen molar-refractivity contribution in [2.75, 3.05) is 0 Å². The van der Waals surface area contributed by atoms with Gasteiger partial charge < -0.3 is 9.67 Å². The van der Waals surface area contributed by atoms with E-state index < -0.39 is 0 Å². The molecule has 0 amide bonds. The number of nitrogens with zero attached hydrogens (tertiary/aromatic N) is 3. The van der Waals surface area contributed by atoms with Gasteiger partial charge in [0.15, 0.2) is 11.6 Å². The van der Waals surface area contributed by atoms with Crippen LogP contribution in [-0.4, -0.2) is 25.4 Å². The lowest BCUT2D eigenvalue weighted by molar-refractivity contribution is 0.0946. The average molecular weight is 456 g/mol. The minimum Gasteiger partial charge on any atom is -0.392 e. The molecule has 6 heteroatoms. The van der Waals surface area contributed by atoms with Crippen molar-refractivity contribution in [1.82, 2.24) is 14.5 Å². The standard InChI is InChI=1S/C27H25N3O2S/c1-2-21-10-12-26(33-21)25(32)16-18-6-5-7-20(14-18)30-24-11-9-19(17-31)15-23(24)29-27(30)22-8-3-4-13-28-22/h1,3-4,8-13,15,18,20,31H,5-7,14,16-17H2/t18-,20+/m1/s1. The van der Waals surface area contributed by atoms with Crippen LogP contribution in [0.25, 0.3) is 22.6 Å². The molecule has 3 aromatic heterocycles. The Kier molecular flexibility index (Phi) is 6.08. The predicted molar refractivity (Wildman–Crippen MR) is 131 cm³/mol. The second-order valence-corrected chi connectivity index (χ2v) is 9.71. The minimum atomic E-state index is -0.0144. The van der Waals surface area contributed by atoms with Crippen molar-refractivity contribution < 1.29 is 9.90 Å². The van der Waals surface area contributed by atoms with Gasteiger partial charge in [0.05, 0.1) is 27.4 Å². The fourth-order valence-corrected chi connectivity index (χ4v) is 5.66. The summed E-state index contributed by atoms with van der Waals surface area (Å²) in [6, 6.07) is 15.7. The van der Waals surface area contributed by atoms with Gasteiger partial charge >= 0.3 is 0 Å². The Bertz CT molecular complexity index is 1330. The Morgan fingerprint density at radius 2 is 2.12 bits per heavy atom. The zero-order valence-electron chi connectivity index (χ0n) is 18.3. The van der Waals surface area contributed by atoms with Crippen LogP contribution in [0.3, 0.4) is 0 Å². The highest BCUT2D eigenvalue weighted by Crippen LogP contribution is 2.39. The fourth-order valence-electron chi connectivity index (χ4n) is 4.90. The van der Waals surface area contributed by atoms with Crippen LogP contribution in [-0.2, 0) is 6.61 Å². The first-order valence-electron chi connectivity index (χ1n) is 11.3. The molecule has 2 atom stereocenters. The SMILES string of the molecule is C#Cc1ccc(C(=O)C[C@@H]2CCC[C@H](n3c(-c4ccccn4)nc4cc(CO)ccc43)C2)s1. The summed E-state index contributed by atoms with van der Waals surface area (Å²) in [6.45, 7) is -0.0144. The van der Waals surface area contributed by atoms with E-state index in [2.05, 4.69) is 15.5 Å². The van der Waals surface area contributed by atoms with Gasteiger partial charge in [-0.05, 0) is 67.1 Å². The smallest absolute Gasteiger partial charge is 0.173 e. The molecule has 0 spiro atoms. The number of benzene rings is 1. The van der Waals surface area contributed by atoms with Crippen molar-refractivity contribution in [3.8, 4) is 23.9 Å². The summed E-state index contributed by atoms with van der Waals surface area (Å²) >= 11 is 1.40. The number of imidazole rings is 1. The number of aliphatic hydroxyl groups is 1. The molecule has 0 aliphatic heterocycles. The van der Waals surface area contributed by atoms with E-state index in [0.717, 1.165) is 63.6 Å². The van der Waals surface area contributed by atoms with Gasteiger partial charge in [-0.1, -0.05) is 24.5 Å². The van der Waals surface area contributed by atoms with Gasteiger partial charge in [0.1, 0.15) is 5.69 Å². The number of Topliss-reactive ketones (excluding diaryl/α,β-unsaturated/α-hetero) is 1. The lowest BCUT2D eigenvalue weighted by Gasteiger charge is -2.31. The monoisotopic (exact) mass is 455 g/mol. The third kappa shape index (κ3) is 4.35. The molecule has 5 nitrogen and oxygen atoms in total. The van der Waals surface area contributed by atoms with Crippen LogP contribution < -0.4 is 0 Å². The van der Waals surface area contributed by atoms with Gasteiger partial charge in [-0.25, -0.2) is 4.98 Å². The topological polar surface area (TPSA) is 68.0 Å². The molecule has 1 aliphatic rings. The van der Waals surface area contributed by atoms with Crippen LogP contribution in [0.2, 0.25) is 0 Å². The van der Waals surface area contributed by atoms with Crippen molar-refractivity contribution in [3.05, 3.63) is 70.0 Å². The maximum absolute atomic E-state index is 12.9. The van der Waals surface area contributed by atoms with E-state index in [1.807, 2.05) is 48.5 Å². The number of terminal acetylenes is 1. The number of carbonyl (C=O) groups excluding carboxylic acids is 1. The van der Waals surface area contributed by atoms with E-state index in [9.17, 15) is 9.90 Å². The molecule has 1 aromatic carbocycles. The molecule has 0 bridgehead atoms. The Hall–Kier alpha value is -3.27. The molecule has 0 unspecified atom stereocenters. The maximum Gasteiger partial charge on any atom is 0.173 e. The van der Waals surface area contributed by atoms with E-state index >= 15 is 0 Å². The number of carbonyl (C=O) groups is 1. The second kappa shape index (κ2) is 9.30. The number of rotatable bonds is 6.